The van der Waals surface area contributed by atoms with Crippen LogP contribution in [0.2, 0.25) is 5.02 Å². The molecular weight excluding hydrogens is 500 g/mol. The topological polar surface area (TPSA) is 93.5 Å². The number of aryl methyl sites for hydroxylation is 1. The van der Waals surface area contributed by atoms with Gasteiger partial charge in [0.05, 0.1) is 34.5 Å². The number of alkyl halides is 2. The predicted molar refractivity (Wildman–Crippen MR) is 137 cm³/mol. The zero-order valence-electron chi connectivity index (χ0n) is 20.1. The molecular formula is C26H24ClF2N7O. The lowest BCUT2D eigenvalue weighted by Gasteiger charge is -2.18. The SMILES string of the molecule is CCC(Nc1nc2ccc(Cc3cc(C(F)F)n[nH]3)cc2n1C)c1ccc(Oc2ncc(Cl)cn2)cc1. The van der Waals surface area contributed by atoms with E-state index in [2.05, 4.69) is 32.4 Å². The van der Waals surface area contributed by atoms with Gasteiger partial charge in [0.15, 0.2) is 0 Å². The molecule has 190 valence electrons. The number of nitrogens with one attached hydrogen (secondary N) is 2. The number of halogens is 3. The molecule has 0 amide bonds. The van der Waals surface area contributed by atoms with Crippen LogP contribution >= 0.6 is 11.6 Å². The number of nitrogens with zero attached hydrogens (tertiary/aromatic N) is 5. The van der Waals surface area contributed by atoms with Crippen molar-refractivity contribution in [3.05, 3.63) is 88.5 Å². The third-order valence-corrected chi connectivity index (χ3v) is 6.21. The third kappa shape index (κ3) is 5.54. The second kappa shape index (κ2) is 10.5. The Morgan fingerprint density at radius 2 is 1.84 bits per heavy atom. The van der Waals surface area contributed by atoms with E-state index in [0.717, 1.165) is 34.5 Å². The highest BCUT2D eigenvalue weighted by molar-refractivity contribution is 6.30. The minimum atomic E-state index is -2.59. The molecule has 1 atom stereocenters. The molecule has 37 heavy (non-hydrogen) atoms. The van der Waals surface area contributed by atoms with Gasteiger partial charge in [0.25, 0.3) is 6.43 Å². The Morgan fingerprint density at radius 1 is 1.08 bits per heavy atom. The molecule has 0 aliphatic carbocycles. The zero-order valence-corrected chi connectivity index (χ0v) is 20.9. The molecule has 3 aromatic heterocycles. The first-order valence-corrected chi connectivity index (χ1v) is 12.1. The normalized spacial score (nSPS) is 12.3. The highest BCUT2D eigenvalue weighted by Crippen LogP contribution is 2.28. The van der Waals surface area contributed by atoms with Gasteiger partial charge in [-0.2, -0.15) is 5.10 Å². The monoisotopic (exact) mass is 523 g/mol. The van der Waals surface area contributed by atoms with Crippen LogP contribution < -0.4 is 10.1 Å². The molecule has 0 aliphatic heterocycles. The smallest absolute Gasteiger partial charge is 0.321 e. The van der Waals surface area contributed by atoms with E-state index in [1.165, 1.54) is 18.5 Å². The van der Waals surface area contributed by atoms with Gasteiger partial charge in [-0.1, -0.05) is 36.7 Å². The highest BCUT2D eigenvalue weighted by Gasteiger charge is 2.16. The summed E-state index contributed by atoms with van der Waals surface area (Å²) in [4.78, 5) is 12.9. The number of hydrogen-bond donors (Lipinski definition) is 2. The minimum Gasteiger partial charge on any atom is -0.424 e. The van der Waals surface area contributed by atoms with Crippen LogP contribution in [-0.4, -0.2) is 29.7 Å². The summed E-state index contributed by atoms with van der Waals surface area (Å²) < 4.78 is 33.4. The summed E-state index contributed by atoms with van der Waals surface area (Å²) in [6.07, 6.45) is 1.68. The second-order valence-electron chi connectivity index (χ2n) is 8.57. The lowest BCUT2D eigenvalue weighted by Crippen LogP contribution is -2.12. The van der Waals surface area contributed by atoms with Crippen LogP contribution in [0.1, 0.15) is 48.3 Å². The van der Waals surface area contributed by atoms with Gasteiger partial charge in [-0.25, -0.2) is 23.7 Å². The number of aromatic amines is 1. The van der Waals surface area contributed by atoms with E-state index < -0.39 is 6.43 Å². The Hall–Kier alpha value is -4.05. The lowest BCUT2D eigenvalue weighted by atomic mass is 10.0. The quantitative estimate of drug-likeness (QED) is 0.225. The maximum Gasteiger partial charge on any atom is 0.321 e. The predicted octanol–water partition coefficient (Wildman–Crippen LogP) is 6.62. The maximum absolute atomic E-state index is 12.8. The van der Waals surface area contributed by atoms with Crippen molar-refractivity contribution in [2.75, 3.05) is 5.32 Å². The average molecular weight is 524 g/mol. The number of benzene rings is 2. The summed E-state index contributed by atoms with van der Waals surface area (Å²) in [6.45, 7) is 2.10. The first-order chi connectivity index (χ1) is 17.9. The molecule has 8 nitrogen and oxygen atoms in total. The molecule has 1 unspecified atom stereocenters. The van der Waals surface area contributed by atoms with Crippen molar-refractivity contribution < 1.29 is 13.5 Å². The Balaban J connectivity index is 1.30. The van der Waals surface area contributed by atoms with E-state index >= 15 is 0 Å². The number of aromatic nitrogens is 6. The van der Waals surface area contributed by atoms with E-state index in [9.17, 15) is 8.78 Å². The summed E-state index contributed by atoms with van der Waals surface area (Å²) in [5.41, 5.74) is 4.22. The van der Waals surface area contributed by atoms with E-state index in [0.29, 0.717) is 22.9 Å². The minimum absolute atomic E-state index is 0.0218. The molecule has 0 saturated heterocycles. The molecule has 0 aliphatic rings. The standard InChI is InChI=1S/C26H24ClF2N7O/c1-3-20(16-5-7-19(8-6-16)37-26-30-13-17(27)14-31-26)32-25-33-21-9-4-15(11-23(21)36(25)2)10-18-12-22(24(28)29)35-34-18/h4-9,11-14,20,24H,3,10H2,1-2H3,(H,32,33)(H,34,35). The third-order valence-electron chi connectivity index (χ3n) is 6.01. The number of anilines is 1. The molecule has 5 rings (SSSR count). The summed E-state index contributed by atoms with van der Waals surface area (Å²) in [6, 6.07) is 15.3. The van der Waals surface area contributed by atoms with Crippen LogP contribution in [0, 0.1) is 0 Å². The molecule has 3 heterocycles. The number of H-pyrrole nitrogens is 1. The zero-order chi connectivity index (χ0) is 25.9. The molecule has 0 saturated carbocycles. The van der Waals surface area contributed by atoms with E-state index in [1.54, 1.807) is 0 Å². The Bertz CT molecular complexity index is 1500. The number of imidazole rings is 1. The van der Waals surface area contributed by atoms with Crippen LogP contribution in [0.4, 0.5) is 14.7 Å². The van der Waals surface area contributed by atoms with Crippen LogP contribution in [0.25, 0.3) is 11.0 Å². The van der Waals surface area contributed by atoms with Crippen LogP contribution in [0.3, 0.4) is 0 Å². The summed E-state index contributed by atoms with van der Waals surface area (Å²) >= 11 is 5.82. The fourth-order valence-corrected chi connectivity index (χ4v) is 4.18. The number of hydrogen-bond acceptors (Lipinski definition) is 6. The van der Waals surface area contributed by atoms with Crippen LogP contribution in [0.15, 0.2) is 60.9 Å². The summed E-state index contributed by atoms with van der Waals surface area (Å²) in [5, 5.41) is 10.3. The molecule has 0 radical (unpaired) electrons. The van der Waals surface area contributed by atoms with Crippen molar-refractivity contribution in [2.24, 2.45) is 7.05 Å². The van der Waals surface area contributed by atoms with Gasteiger partial charge in [-0.15, -0.1) is 0 Å². The largest absolute Gasteiger partial charge is 0.424 e. The molecule has 5 aromatic rings. The molecule has 2 N–H and O–H groups in total. The van der Waals surface area contributed by atoms with Crippen LogP contribution in [-0.2, 0) is 13.5 Å². The van der Waals surface area contributed by atoms with Crippen molar-refractivity contribution in [1.82, 2.24) is 29.7 Å². The van der Waals surface area contributed by atoms with Gasteiger partial charge in [0.1, 0.15) is 11.4 Å². The van der Waals surface area contributed by atoms with E-state index in [1.807, 2.05) is 54.1 Å². The summed E-state index contributed by atoms with van der Waals surface area (Å²) in [5.74, 6) is 1.35. The Labute approximate surface area is 216 Å². The first kappa shape index (κ1) is 24.6. The fraction of sp³-hybridized carbons (Fsp3) is 0.231. The van der Waals surface area contributed by atoms with Crippen molar-refractivity contribution in [2.45, 2.75) is 32.2 Å². The van der Waals surface area contributed by atoms with Crippen LogP contribution in [0.5, 0.6) is 11.8 Å². The number of fused-ring (bicyclic) bond motifs is 1. The van der Waals surface area contributed by atoms with Gasteiger partial charge in [0, 0.05) is 19.2 Å². The molecule has 0 spiro atoms. The van der Waals surface area contributed by atoms with Crippen molar-refractivity contribution in [3.63, 3.8) is 0 Å². The second-order valence-corrected chi connectivity index (χ2v) is 9.01. The van der Waals surface area contributed by atoms with Gasteiger partial charge in [-0.3, -0.25) is 5.10 Å². The first-order valence-electron chi connectivity index (χ1n) is 11.7. The average Bonchev–Trinajstić information content (AvgIpc) is 3.49. The molecule has 2 aromatic carbocycles. The molecule has 0 fully saturated rings. The van der Waals surface area contributed by atoms with E-state index in [4.69, 9.17) is 21.3 Å². The number of rotatable bonds is 9. The van der Waals surface area contributed by atoms with E-state index in [-0.39, 0.29) is 17.7 Å². The van der Waals surface area contributed by atoms with Gasteiger partial charge < -0.3 is 14.6 Å². The van der Waals surface area contributed by atoms with Crippen molar-refractivity contribution in [1.29, 1.82) is 0 Å². The summed E-state index contributed by atoms with van der Waals surface area (Å²) in [7, 11) is 1.95. The number of ether oxygens (including phenoxy) is 1. The maximum atomic E-state index is 12.8. The fourth-order valence-electron chi connectivity index (χ4n) is 4.08. The molecule has 11 heteroatoms. The van der Waals surface area contributed by atoms with Crippen molar-refractivity contribution in [3.8, 4) is 11.8 Å². The Morgan fingerprint density at radius 3 is 2.51 bits per heavy atom. The Kier molecular flexibility index (Phi) is 7.00. The molecule has 0 bridgehead atoms. The van der Waals surface area contributed by atoms with Crippen molar-refractivity contribution >= 4 is 28.6 Å². The van der Waals surface area contributed by atoms with Gasteiger partial charge in [0.2, 0.25) is 5.95 Å². The van der Waals surface area contributed by atoms with Gasteiger partial charge >= 0.3 is 6.01 Å². The highest BCUT2D eigenvalue weighted by atomic mass is 35.5. The lowest BCUT2D eigenvalue weighted by molar-refractivity contribution is 0.146. The van der Waals surface area contributed by atoms with Gasteiger partial charge in [-0.05, 0) is 47.9 Å².